The van der Waals surface area contributed by atoms with E-state index in [-0.39, 0.29) is 12.5 Å². The summed E-state index contributed by atoms with van der Waals surface area (Å²) < 4.78 is 6.56. The number of allylic oxidation sites excluding steroid dienone is 4. The lowest BCUT2D eigenvalue weighted by atomic mass is 9.84. The van der Waals surface area contributed by atoms with Gasteiger partial charge in [-0.3, -0.25) is 9.48 Å². The summed E-state index contributed by atoms with van der Waals surface area (Å²) in [5.41, 5.74) is 6.85. The Kier molecular flexibility index (Phi) is 4.88. The van der Waals surface area contributed by atoms with Gasteiger partial charge in [-0.05, 0) is 43.4 Å². The summed E-state index contributed by atoms with van der Waals surface area (Å²) in [6, 6.07) is 12.1. The highest BCUT2D eigenvalue weighted by molar-refractivity contribution is 5.74. The first-order valence-electron chi connectivity index (χ1n) is 8.58. The second kappa shape index (κ2) is 7.09. The van der Waals surface area contributed by atoms with E-state index < -0.39 is 0 Å². The number of hydrogen-bond acceptors (Lipinski definition) is 3. The highest BCUT2D eigenvalue weighted by Gasteiger charge is 2.20. The maximum Gasteiger partial charge on any atom is 0.327 e. The predicted octanol–water partition coefficient (Wildman–Crippen LogP) is 4.48. The number of esters is 1. The Balaban J connectivity index is 2.05. The number of aromatic nitrogens is 2. The van der Waals surface area contributed by atoms with Gasteiger partial charge >= 0.3 is 5.97 Å². The summed E-state index contributed by atoms with van der Waals surface area (Å²) >= 11 is 0. The molecule has 0 aliphatic heterocycles. The normalized spacial score (nSPS) is 17.4. The molecule has 0 saturated carbocycles. The Morgan fingerprint density at radius 3 is 2.64 bits per heavy atom. The number of rotatable bonds is 4. The van der Waals surface area contributed by atoms with Crippen molar-refractivity contribution in [2.75, 3.05) is 7.11 Å². The topological polar surface area (TPSA) is 44.1 Å². The molecule has 0 bridgehead atoms. The lowest BCUT2D eigenvalue weighted by Gasteiger charge is -2.21. The number of hydrogen-bond donors (Lipinski definition) is 0. The minimum Gasteiger partial charge on any atom is -0.468 e. The van der Waals surface area contributed by atoms with Crippen LogP contribution < -0.4 is 0 Å². The number of methoxy groups -OCH3 is 1. The molecule has 3 rings (SSSR count). The Morgan fingerprint density at radius 2 is 2.00 bits per heavy atom. The van der Waals surface area contributed by atoms with Crippen LogP contribution in [-0.2, 0) is 16.1 Å². The first-order valence-corrected chi connectivity index (χ1v) is 8.58. The van der Waals surface area contributed by atoms with Crippen LogP contribution >= 0.6 is 0 Å². The lowest BCUT2D eigenvalue weighted by Crippen LogP contribution is -2.14. The second-order valence-corrected chi connectivity index (χ2v) is 6.66. The van der Waals surface area contributed by atoms with E-state index in [4.69, 9.17) is 9.84 Å². The molecule has 0 amide bonds. The molecule has 4 nitrogen and oxygen atoms in total. The van der Waals surface area contributed by atoms with Crippen LogP contribution in [0.5, 0.6) is 0 Å². The molecule has 1 heterocycles. The molecule has 4 heteroatoms. The van der Waals surface area contributed by atoms with Crippen molar-refractivity contribution in [1.82, 2.24) is 9.78 Å². The average Bonchev–Trinajstić information content (AvgIpc) is 3.03. The largest absolute Gasteiger partial charge is 0.468 e. The third kappa shape index (κ3) is 3.58. The third-order valence-corrected chi connectivity index (χ3v) is 4.96. The third-order valence-electron chi connectivity index (χ3n) is 4.96. The number of nitrogens with zero attached hydrogens (tertiary/aromatic N) is 2. The average molecular weight is 336 g/mol. The molecule has 1 aliphatic carbocycles. The van der Waals surface area contributed by atoms with Gasteiger partial charge in [0.15, 0.2) is 0 Å². The molecule has 25 heavy (non-hydrogen) atoms. The first kappa shape index (κ1) is 17.2. The Hall–Kier alpha value is -2.62. The van der Waals surface area contributed by atoms with Crippen LogP contribution in [0.15, 0.2) is 53.6 Å². The minimum absolute atomic E-state index is 0.109. The number of carbonyl (C=O) groups excluding carboxylic acids is 1. The van der Waals surface area contributed by atoms with E-state index in [0.717, 1.165) is 23.4 Å². The number of ether oxygens (including phenoxy) is 1. The molecular formula is C21H24N2O2. The number of benzene rings is 1. The van der Waals surface area contributed by atoms with Crippen molar-refractivity contribution in [2.24, 2.45) is 5.92 Å². The van der Waals surface area contributed by atoms with Crippen LogP contribution in [0.25, 0.3) is 16.8 Å². The van der Waals surface area contributed by atoms with E-state index in [1.165, 1.54) is 23.8 Å². The maximum absolute atomic E-state index is 11.8. The van der Waals surface area contributed by atoms with Gasteiger partial charge in [0.05, 0.1) is 18.5 Å². The Labute approximate surface area is 148 Å². The molecule has 0 saturated heterocycles. The monoisotopic (exact) mass is 336 g/mol. The van der Waals surface area contributed by atoms with Gasteiger partial charge in [0.25, 0.3) is 0 Å². The molecule has 0 N–H and O–H groups in total. The quantitative estimate of drug-likeness (QED) is 0.773. The van der Waals surface area contributed by atoms with Crippen molar-refractivity contribution in [3.63, 3.8) is 0 Å². The zero-order chi connectivity index (χ0) is 18.0. The summed E-state index contributed by atoms with van der Waals surface area (Å²) in [6.45, 7) is 6.69. The van der Waals surface area contributed by atoms with Crippen LogP contribution in [0.1, 0.15) is 32.9 Å². The SMILES string of the molecule is COC(=O)Cn1nc(C2=CC(C)=C(C)C(C)C2)cc1-c1ccccc1. The number of carbonyl (C=O) groups is 1. The van der Waals surface area contributed by atoms with Crippen LogP contribution in [-0.4, -0.2) is 22.9 Å². The Morgan fingerprint density at radius 1 is 1.28 bits per heavy atom. The van der Waals surface area contributed by atoms with Crippen LogP contribution in [0, 0.1) is 5.92 Å². The van der Waals surface area contributed by atoms with E-state index in [0.29, 0.717) is 5.92 Å². The van der Waals surface area contributed by atoms with Crippen molar-refractivity contribution >= 4 is 11.5 Å². The molecule has 1 unspecified atom stereocenters. The molecule has 130 valence electrons. The molecule has 0 radical (unpaired) electrons. The minimum atomic E-state index is -0.301. The molecular weight excluding hydrogens is 312 g/mol. The fourth-order valence-electron chi connectivity index (χ4n) is 3.21. The van der Waals surface area contributed by atoms with Gasteiger partial charge < -0.3 is 4.74 Å². The fourth-order valence-corrected chi connectivity index (χ4v) is 3.21. The molecule has 1 aromatic carbocycles. The molecule has 0 spiro atoms. The summed E-state index contributed by atoms with van der Waals surface area (Å²) in [4.78, 5) is 11.8. The summed E-state index contributed by atoms with van der Waals surface area (Å²) in [5.74, 6) is 0.204. The van der Waals surface area contributed by atoms with Gasteiger partial charge in [0.2, 0.25) is 0 Å². The predicted molar refractivity (Wildman–Crippen MR) is 99.8 cm³/mol. The van der Waals surface area contributed by atoms with Gasteiger partial charge in [-0.1, -0.05) is 54.5 Å². The summed E-state index contributed by atoms with van der Waals surface area (Å²) in [5, 5.41) is 4.72. The van der Waals surface area contributed by atoms with Crippen molar-refractivity contribution < 1.29 is 9.53 Å². The van der Waals surface area contributed by atoms with E-state index >= 15 is 0 Å². The van der Waals surface area contributed by atoms with Crippen molar-refractivity contribution in [2.45, 2.75) is 33.7 Å². The smallest absolute Gasteiger partial charge is 0.327 e. The van der Waals surface area contributed by atoms with Gasteiger partial charge in [0.1, 0.15) is 6.54 Å². The summed E-state index contributed by atoms with van der Waals surface area (Å²) in [6.07, 6.45) is 3.18. The zero-order valence-electron chi connectivity index (χ0n) is 15.2. The van der Waals surface area contributed by atoms with Crippen LogP contribution in [0.3, 0.4) is 0 Å². The van der Waals surface area contributed by atoms with Gasteiger partial charge in [-0.15, -0.1) is 0 Å². The van der Waals surface area contributed by atoms with E-state index in [2.05, 4.69) is 32.9 Å². The van der Waals surface area contributed by atoms with Crippen molar-refractivity contribution in [3.05, 3.63) is 59.3 Å². The van der Waals surface area contributed by atoms with Crippen molar-refractivity contribution in [1.29, 1.82) is 0 Å². The molecule has 0 fully saturated rings. The van der Waals surface area contributed by atoms with Gasteiger partial charge in [-0.2, -0.15) is 5.10 Å². The second-order valence-electron chi connectivity index (χ2n) is 6.66. The highest BCUT2D eigenvalue weighted by atomic mass is 16.5. The fraction of sp³-hybridized carbons (Fsp3) is 0.333. The van der Waals surface area contributed by atoms with Crippen LogP contribution in [0.2, 0.25) is 0 Å². The molecule has 2 aromatic rings. The van der Waals surface area contributed by atoms with E-state index in [1.54, 1.807) is 4.68 Å². The molecule has 1 aliphatic rings. The van der Waals surface area contributed by atoms with Crippen molar-refractivity contribution in [3.8, 4) is 11.3 Å². The van der Waals surface area contributed by atoms with Gasteiger partial charge in [-0.25, -0.2) is 0 Å². The zero-order valence-corrected chi connectivity index (χ0v) is 15.2. The first-order chi connectivity index (χ1) is 12.0. The van der Waals surface area contributed by atoms with E-state index in [9.17, 15) is 4.79 Å². The molecule has 1 aromatic heterocycles. The standard InChI is InChI=1S/C21H24N2O2/c1-14-10-18(11-15(2)16(14)3)19-12-20(17-8-6-5-7-9-17)23(22-19)13-21(24)25-4/h5-10,12,15H,11,13H2,1-4H3. The molecule has 1 atom stereocenters. The summed E-state index contributed by atoms with van der Waals surface area (Å²) in [7, 11) is 1.40. The Bertz CT molecular complexity index is 844. The lowest BCUT2D eigenvalue weighted by molar-refractivity contribution is -0.141. The van der Waals surface area contributed by atoms with E-state index in [1.807, 2.05) is 30.3 Å². The maximum atomic E-state index is 11.8. The van der Waals surface area contributed by atoms with Crippen LogP contribution in [0.4, 0.5) is 0 Å². The highest BCUT2D eigenvalue weighted by Crippen LogP contribution is 2.35. The van der Waals surface area contributed by atoms with Gasteiger partial charge in [0, 0.05) is 0 Å².